The van der Waals surface area contributed by atoms with Crippen molar-refractivity contribution in [3.8, 4) is 5.75 Å². The van der Waals surface area contributed by atoms with Crippen LogP contribution in [0.15, 0.2) is 18.2 Å². The molecular formula is C12H19NO2. The number of anilines is 1. The van der Waals surface area contributed by atoms with Crippen LogP contribution in [0, 0.1) is 0 Å². The summed E-state index contributed by atoms with van der Waals surface area (Å²) in [4.78, 5) is 0. The van der Waals surface area contributed by atoms with Crippen molar-refractivity contribution in [3.05, 3.63) is 23.8 Å². The third kappa shape index (κ3) is 3.13. The average molecular weight is 209 g/mol. The van der Waals surface area contributed by atoms with Gasteiger partial charge in [0.05, 0.1) is 12.7 Å². The molecule has 1 atom stereocenters. The van der Waals surface area contributed by atoms with Crippen molar-refractivity contribution in [1.29, 1.82) is 0 Å². The molecule has 0 aliphatic heterocycles. The summed E-state index contributed by atoms with van der Waals surface area (Å²) in [6.45, 7) is 4.66. The number of hydrogen-bond donors (Lipinski definition) is 2. The predicted molar refractivity (Wildman–Crippen MR) is 61.9 cm³/mol. The van der Waals surface area contributed by atoms with Crippen molar-refractivity contribution in [2.45, 2.75) is 32.8 Å². The molecule has 0 spiro atoms. The molecule has 0 amide bonds. The fraction of sp³-hybridized carbons (Fsp3) is 0.500. The molecule has 1 aromatic carbocycles. The standard InChI is InChI=1S/C12H19NO2/c1-3-7-15-9-5-6-11(13)10(8-9)12(14)4-2/h5-6,8,12,14H,3-4,7,13H2,1-2H3. The van der Waals surface area contributed by atoms with Gasteiger partial charge >= 0.3 is 0 Å². The Morgan fingerprint density at radius 2 is 2.13 bits per heavy atom. The molecular weight excluding hydrogens is 190 g/mol. The molecule has 0 fully saturated rings. The molecule has 3 heteroatoms. The monoisotopic (exact) mass is 209 g/mol. The lowest BCUT2D eigenvalue weighted by Crippen LogP contribution is -2.02. The quantitative estimate of drug-likeness (QED) is 0.732. The van der Waals surface area contributed by atoms with E-state index in [1.54, 1.807) is 6.07 Å². The molecule has 15 heavy (non-hydrogen) atoms. The number of ether oxygens (including phenoxy) is 1. The van der Waals surface area contributed by atoms with E-state index in [0.29, 0.717) is 18.7 Å². The maximum absolute atomic E-state index is 9.72. The van der Waals surface area contributed by atoms with Crippen LogP contribution in [-0.2, 0) is 0 Å². The first-order valence-corrected chi connectivity index (χ1v) is 5.39. The molecule has 3 N–H and O–H groups in total. The normalized spacial score (nSPS) is 12.5. The van der Waals surface area contributed by atoms with E-state index in [1.165, 1.54) is 0 Å². The molecule has 0 aromatic heterocycles. The highest BCUT2D eigenvalue weighted by Gasteiger charge is 2.09. The van der Waals surface area contributed by atoms with Gasteiger partial charge in [0.1, 0.15) is 5.75 Å². The van der Waals surface area contributed by atoms with Gasteiger partial charge in [-0.3, -0.25) is 0 Å². The van der Waals surface area contributed by atoms with Gasteiger partial charge in [-0.2, -0.15) is 0 Å². The summed E-state index contributed by atoms with van der Waals surface area (Å²) in [5.41, 5.74) is 7.15. The summed E-state index contributed by atoms with van der Waals surface area (Å²) in [5.74, 6) is 0.772. The van der Waals surface area contributed by atoms with Crippen molar-refractivity contribution in [3.63, 3.8) is 0 Å². The predicted octanol–water partition coefficient (Wildman–Crippen LogP) is 2.50. The Bertz CT molecular complexity index is 312. The number of hydrogen-bond acceptors (Lipinski definition) is 3. The molecule has 0 bridgehead atoms. The Hall–Kier alpha value is -1.22. The average Bonchev–Trinajstić information content (AvgIpc) is 2.27. The third-order valence-electron chi connectivity index (χ3n) is 2.28. The number of nitrogens with two attached hydrogens (primary N) is 1. The second-order valence-electron chi connectivity index (χ2n) is 3.56. The van der Waals surface area contributed by atoms with Crippen LogP contribution < -0.4 is 10.5 Å². The summed E-state index contributed by atoms with van der Waals surface area (Å²) in [5, 5.41) is 9.72. The minimum atomic E-state index is -0.504. The first-order valence-electron chi connectivity index (χ1n) is 5.39. The third-order valence-corrected chi connectivity index (χ3v) is 2.28. The molecule has 1 rings (SSSR count). The van der Waals surface area contributed by atoms with Crippen molar-refractivity contribution < 1.29 is 9.84 Å². The Balaban J connectivity index is 2.84. The van der Waals surface area contributed by atoms with Gasteiger partial charge in [0.2, 0.25) is 0 Å². The van der Waals surface area contributed by atoms with E-state index in [1.807, 2.05) is 19.1 Å². The Morgan fingerprint density at radius 1 is 1.40 bits per heavy atom. The summed E-state index contributed by atoms with van der Waals surface area (Å²) in [6.07, 6.45) is 1.12. The van der Waals surface area contributed by atoms with Gasteiger partial charge in [-0.25, -0.2) is 0 Å². The molecule has 0 aliphatic carbocycles. The first-order chi connectivity index (χ1) is 7.19. The summed E-state index contributed by atoms with van der Waals surface area (Å²) < 4.78 is 5.48. The van der Waals surface area contributed by atoms with Gasteiger partial charge in [0.15, 0.2) is 0 Å². The van der Waals surface area contributed by atoms with Crippen molar-refractivity contribution in [1.82, 2.24) is 0 Å². The van der Waals surface area contributed by atoms with Gasteiger partial charge in [0, 0.05) is 11.3 Å². The van der Waals surface area contributed by atoms with Crippen LogP contribution in [0.4, 0.5) is 5.69 Å². The van der Waals surface area contributed by atoms with Gasteiger partial charge < -0.3 is 15.6 Å². The van der Waals surface area contributed by atoms with Crippen molar-refractivity contribution >= 4 is 5.69 Å². The molecule has 0 saturated heterocycles. The zero-order valence-electron chi connectivity index (χ0n) is 9.36. The first kappa shape index (κ1) is 11.9. The second-order valence-corrected chi connectivity index (χ2v) is 3.56. The van der Waals surface area contributed by atoms with Gasteiger partial charge in [-0.1, -0.05) is 13.8 Å². The van der Waals surface area contributed by atoms with Gasteiger partial charge in [0.25, 0.3) is 0 Å². The number of benzene rings is 1. The molecule has 0 radical (unpaired) electrons. The highest BCUT2D eigenvalue weighted by molar-refractivity contribution is 5.51. The Kier molecular flexibility index (Phi) is 4.43. The van der Waals surface area contributed by atoms with Crippen LogP contribution in [0.1, 0.15) is 38.4 Å². The van der Waals surface area contributed by atoms with Crippen molar-refractivity contribution in [2.24, 2.45) is 0 Å². The summed E-state index contributed by atoms with van der Waals surface area (Å²) in [7, 11) is 0. The molecule has 0 aliphatic rings. The molecule has 1 aromatic rings. The van der Waals surface area contributed by atoms with E-state index in [-0.39, 0.29) is 0 Å². The van der Waals surface area contributed by atoms with Crippen LogP contribution in [0.3, 0.4) is 0 Å². The topological polar surface area (TPSA) is 55.5 Å². The van der Waals surface area contributed by atoms with E-state index >= 15 is 0 Å². The second kappa shape index (κ2) is 5.61. The lowest BCUT2D eigenvalue weighted by molar-refractivity contribution is 0.174. The van der Waals surface area contributed by atoms with E-state index in [9.17, 15) is 5.11 Å². The fourth-order valence-corrected chi connectivity index (χ4v) is 1.37. The number of rotatable bonds is 5. The van der Waals surface area contributed by atoms with E-state index in [4.69, 9.17) is 10.5 Å². The maximum atomic E-state index is 9.72. The maximum Gasteiger partial charge on any atom is 0.119 e. The number of nitrogen functional groups attached to an aromatic ring is 1. The molecule has 3 nitrogen and oxygen atoms in total. The minimum Gasteiger partial charge on any atom is -0.494 e. The minimum absolute atomic E-state index is 0.504. The highest BCUT2D eigenvalue weighted by Crippen LogP contribution is 2.27. The van der Waals surface area contributed by atoms with E-state index < -0.39 is 6.10 Å². The SMILES string of the molecule is CCCOc1ccc(N)c(C(O)CC)c1. The molecule has 1 unspecified atom stereocenters. The fourth-order valence-electron chi connectivity index (χ4n) is 1.37. The highest BCUT2D eigenvalue weighted by atomic mass is 16.5. The van der Waals surface area contributed by atoms with Crippen LogP contribution >= 0.6 is 0 Å². The zero-order chi connectivity index (χ0) is 11.3. The molecule has 0 saturated carbocycles. The lowest BCUT2D eigenvalue weighted by atomic mass is 10.1. The van der Waals surface area contributed by atoms with Crippen LogP contribution in [0.2, 0.25) is 0 Å². The van der Waals surface area contributed by atoms with E-state index in [0.717, 1.165) is 17.7 Å². The Morgan fingerprint density at radius 3 is 2.73 bits per heavy atom. The summed E-state index contributed by atoms with van der Waals surface area (Å²) >= 11 is 0. The largest absolute Gasteiger partial charge is 0.494 e. The molecule has 0 heterocycles. The van der Waals surface area contributed by atoms with Crippen LogP contribution in [-0.4, -0.2) is 11.7 Å². The van der Waals surface area contributed by atoms with Crippen LogP contribution in [0.5, 0.6) is 5.75 Å². The number of aliphatic hydroxyl groups excluding tert-OH is 1. The summed E-state index contributed by atoms with van der Waals surface area (Å²) in [6, 6.07) is 5.43. The van der Waals surface area contributed by atoms with Gasteiger partial charge in [-0.15, -0.1) is 0 Å². The zero-order valence-corrected chi connectivity index (χ0v) is 9.36. The van der Waals surface area contributed by atoms with Gasteiger partial charge in [-0.05, 0) is 31.0 Å². The van der Waals surface area contributed by atoms with Crippen LogP contribution in [0.25, 0.3) is 0 Å². The molecule has 84 valence electrons. The smallest absolute Gasteiger partial charge is 0.119 e. The van der Waals surface area contributed by atoms with E-state index in [2.05, 4.69) is 6.92 Å². The lowest BCUT2D eigenvalue weighted by Gasteiger charge is -2.13. The van der Waals surface area contributed by atoms with Crippen molar-refractivity contribution in [2.75, 3.05) is 12.3 Å². The number of aliphatic hydroxyl groups is 1. The Labute approximate surface area is 90.9 Å².